The number of rotatable bonds is 3. The lowest BCUT2D eigenvalue weighted by Gasteiger charge is -2.09. The van der Waals surface area contributed by atoms with E-state index in [2.05, 4.69) is 5.10 Å². The highest BCUT2D eigenvalue weighted by Gasteiger charge is 2.11. The van der Waals surface area contributed by atoms with Gasteiger partial charge < -0.3 is 10.5 Å². The standard InChI is InChI=1S/C12H13FN4O/c1-7-5-11(17(2)16-7)18-10-4-3-8(13)6-9(10)12(14)15/h3-6H,1-2H3,(H3,14,15). The third kappa shape index (κ3) is 2.32. The van der Waals surface area contributed by atoms with Gasteiger partial charge in [0.1, 0.15) is 17.4 Å². The minimum Gasteiger partial charge on any atom is -0.439 e. The second-order valence-electron chi connectivity index (χ2n) is 3.90. The zero-order valence-corrected chi connectivity index (χ0v) is 10.1. The number of aromatic nitrogens is 2. The quantitative estimate of drug-likeness (QED) is 0.643. The van der Waals surface area contributed by atoms with Gasteiger partial charge in [0, 0.05) is 13.1 Å². The molecule has 18 heavy (non-hydrogen) atoms. The molecule has 0 bridgehead atoms. The minimum atomic E-state index is -0.464. The molecule has 0 saturated carbocycles. The maximum atomic E-state index is 13.1. The van der Waals surface area contributed by atoms with Gasteiger partial charge in [0.05, 0.1) is 11.3 Å². The molecule has 1 aromatic carbocycles. The number of nitrogen functional groups attached to an aromatic ring is 1. The Bertz CT molecular complexity index is 606. The minimum absolute atomic E-state index is 0.217. The molecule has 3 N–H and O–H groups in total. The number of hydrogen-bond donors (Lipinski definition) is 2. The highest BCUT2D eigenvalue weighted by molar-refractivity contribution is 5.97. The van der Waals surface area contributed by atoms with Crippen molar-refractivity contribution in [2.45, 2.75) is 6.92 Å². The molecule has 2 aromatic rings. The van der Waals surface area contributed by atoms with Crippen LogP contribution < -0.4 is 10.5 Å². The van der Waals surface area contributed by atoms with Crippen LogP contribution in [0.5, 0.6) is 11.6 Å². The SMILES string of the molecule is Cc1cc(Oc2ccc(F)cc2C(=N)N)n(C)n1. The number of ether oxygens (including phenoxy) is 1. The molecule has 0 spiro atoms. The van der Waals surface area contributed by atoms with Gasteiger partial charge >= 0.3 is 0 Å². The van der Waals surface area contributed by atoms with Crippen LogP contribution in [0, 0.1) is 18.2 Å². The predicted molar refractivity (Wildman–Crippen MR) is 65.4 cm³/mol. The monoisotopic (exact) mass is 248 g/mol. The molecule has 0 aliphatic heterocycles. The van der Waals surface area contributed by atoms with Crippen LogP contribution in [0.1, 0.15) is 11.3 Å². The second-order valence-corrected chi connectivity index (χ2v) is 3.90. The lowest BCUT2D eigenvalue weighted by molar-refractivity contribution is 0.428. The van der Waals surface area contributed by atoms with Crippen molar-refractivity contribution >= 4 is 5.84 Å². The van der Waals surface area contributed by atoms with E-state index in [1.54, 1.807) is 17.8 Å². The topological polar surface area (TPSA) is 76.9 Å². The zero-order chi connectivity index (χ0) is 13.3. The first kappa shape index (κ1) is 12.1. The number of amidine groups is 1. The van der Waals surface area contributed by atoms with Crippen LogP contribution in [0.25, 0.3) is 0 Å². The Kier molecular flexibility index (Phi) is 3.01. The number of benzene rings is 1. The van der Waals surface area contributed by atoms with Crippen LogP contribution in [0.3, 0.4) is 0 Å². The van der Waals surface area contributed by atoms with Gasteiger partial charge in [0.25, 0.3) is 0 Å². The smallest absolute Gasteiger partial charge is 0.217 e. The Labute approximate surface area is 103 Å². The molecule has 0 aliphatic carbocycles. The van der Waals surface area contributed by atoms with Crippen LogP contribution in [-0.4, -0.2) is 15.6 Å². The normalized spacial score (nSPS) is 10.4. The second kappa shape index (κ2) is 4.48. The number of halogens is 1. The van der Waals surface area contributed by atoms with Crippen molar-refractivity contribution in [3.05, 3.63) is 41.3 Å². The van der Waals surface area contributed by atoms with E-state index in [0.29, 0.717) is 11.6 Å². The fourth-order valence-electron chi connectivity index (χ4n) is 1.60. The summed E-state index contributed by atoms with van der Waals surface area (Å²) in [6.45, 7) is 1.84. The Morgan fingerprint density at radius 3 is 2.72 bits per heavy atom. The van der Waals surface area contributed by atoms with Crippen molar-refractivity contribution in [2.24, 2.45) is 12.8 Å². The van der Waals surface area contributed by atoms with Crippen LogP contribution >= 0.6 is 0 Å². The fourth-order valence-corrected chi connectivity index (χ4v) is 1.60. The zero-order valence-electron chi connectivity index (χ0n) is 10.1. The van der Waals surface area contributed by atoms with Gasteiger partial charge in [0.15, 0.2) is 0 Å². The van der Waals surface area contributed by atoms with E-state index in [4.69, 9.17) is 15.9 Å². The Morgan fingerprint density at radius 1 is 1.44 bits per heavy atom. The molecule has 0 fully saturated rings. The molecule has 94 valence electrons. The molecular formula is C12H13FN4O. The van der Waals surface area contributed by atoms with Crippen molar-refractivity contribution in [1.82, 2.24) is 9.78 Å². The maximum Gasteiger partial charge on any atom is 0.217 e. The average molecular weight is 248 g/mol. The summed E-state index contributed by atoms with van der Waals surface area (Å²) in [6, 6.07) is 5.60. The molecule has 0 amide bonds. The lowest BCUT2D eigenvalue weighted by Crippen LogP contribution is -2.13. The number of hydrogen-bond acceptors (Lipinski definition) is 3. The highest BCUT2D eigenvalue weighted by atomic mass is 19.1. The van der Waals surface area contributed by atoms with Gasteiger partial charge in [-0.3, -0.25) is 5.41 Å². The number of nitrogens with zero attached hydrogens (tertiary/aromatic N) is 2. The molecule has 0 atom stereocenters. The lowest BCUT2D eigenvalue weighted by atomic mass is 10.2. The molecule has 0 aliphatic rings. The first-order chi connectivity index (χ1) is 8.47. The van der Waals surface area contributed by atoms with Crippen molar-refractivity contribution in [3.8, 4) is 11.6 Å². The van der Waals surface area contributed by atoms with Gasteiger partial charge in [-0.05, 0) is 25.1 Å². The summed E-state index contributed by atoms with van der Waals surface area (Å²) in [5, 5.41) is 11.5. The molecule has 5 nitrogen and oxygen atoms in total. The van der Waals surface area contributed by atoms with Gasteiger partial charge in [0.2, 0.25) is 5.88 Å². The summed E-state index contributed by atoms with van der Waals surface area (Å²) >= 11 is 0. The van der Waals surface area contributed by atoms with Gasteiger partial charge in [-0.15, -0.1) is 0 Å². The number of aryl methyl sites for hydroxylation is 2. The summed E-state index contributed by atoms with van der Waals surface area (Å²) in [4.78, 5) is 0. The van der Waals surface area contributed by atoms with Crippen LogP contribution in [-0.2, 0) is 7.05 Å². The van der Waals surface area contributed by atoms with E-state index in [1.807, 2.05) is 6.92 Å². The molecule has 1 aromatic heterocycles. The largest absolute Gasteiger partial charge is 0.439 e. The molecular weight excluding hydrogens is 235 g/mol. The predicted octanol–water partition coefficient (Wildman–Crippen LogP) is 1.94. The van der Waals surface area contributed by atoms with E-state index in [1.165, 1.54) is 18.2 Å². The first-order valence-electron chi connectivity index (χ1n) is 5.30. The van der Waals surface area contributed by atoms with Crippen LogP contribution in [0.2, 0.25) is 0 Å². The third-order valence-electron chi connectivity index (χ3n) is 2.41. The van der Waals surface area contributed by atoms with Crippen molar-refractivity contribution in [2.75, 3.05) is 0 Å². The third-order valence-corrected chi connectivity index (χ3v) is 2.41. The molecule has 1 heterocycles. The van der Waals surface area contributed by atoms with E-state index < -0.39 is 5.82 Å². The Balaban J connectivity index is 2.40. The summed E-state index contributed by atoms with van der Waals surface area (Å²) in [5.74, 6) is 0.116. The fraction of sp³-hybridized carbons (Fsp3) is 0.167. The van der Waals surface area contributed by atoms with Crippen molar-refractivity contribution in [1.29, 1.82) is 5.41 Å². The molecule has 0 saturated heterocycles. The van der Waals surface area contributed by atoms with E-state index in [9.17, 15) is 4.39 Å². The first-order valence-corrected chi connectivity index (χ1v) is 5.30. The Hall–Kier alpha value is -2.37. The van der Waals surface area contributed by atoms with Gasteiger partial charge in [-0.1, -0.05) is 0 Å². The summed E-state index contributed by atoms with van der Waals surface area (Å²) in [6.07, 6.45) is 0. The number of nitrogens with two attached hydrogens (primary N) is 1. The average Bonchev–Trinajstić information content (AvgIpc) is 2.60. The Morgan fingerprint density at radius 2 is 2.17 bits per heavy atom. The number of nitrogens with one attached hydrogen (secondary N) is 1. The van der Waals surface area contributed by atoms with Gasteiger partial charge in [-0.25, -0.2) is 9.07 Å². The van der Waals surface area contributed by atoms with Crippen LogP contribution in [0.15, 0.2) is 24.3 Å². The molecule has 6 heteroatoms. The molecule has 0 radical (unpaired) electrons. The summed E-state index contributed by atoms with van der Waals surface area (Å²) in [5.41, 5.74) is 6.42. The van der Waals surface area contributed by atoms with E-state index in [0.717, 1.165) is 5.69 Å². The van der Waals surface area contributed by atoms with Crippen molar-refractivity contribution in [3.63, 3.8) is 0 Å². The van der Waals surface area contributed by atoms with E-state index in [-0.39, 0.29) is 11.4 Å². The van der Waals surface area contributed by atoms with E-state index >= 15 is 0 Å². The maximum absolute atomic E-state index is 13.1. The summed E-state index contributed by atoms with van der Waals surface area (Å²) in [7, 11) is 1.74. The highest BCUT2D eigenvalue weighted by Crippen LogP contribution is 2.26. The van der Waals surface area contributed by atoms with Gasteiger partial charge in [-0.2, -0.15) is 5.10 Å². The molecule has 2 rings (SSSR count). The van der Waals surface area contributed by atoms with Crippen LogP contribution in [0.4, 0.5) is 4.39 Å². The van der Waals surface area contributed by atoms with Crippen molar-refractivity contribution < 1.29 is 9.13 Å². The molecule has 0 unspecified atom stereocenters. The summed E-state index contributed by atoms with van der Waals surface area (Å²) < 4.78 is 20.3.